The summed E-state index contributed by atoms with van der Waals surface area (Å²) in [5.74, 6) is -0.0135. The Labute approximate surface area is 163 Å². The summed E-state index contributed by atoms with van der Waals surface area (Å²) in [5, 5.41) is 2.69. The second-order valence-corrected chi connectivity index (χ2v) is 7.22. The molecule has 8 heteroatoms. The summed E-state index contributed by atoms with van der Waals surface area (Å²) in [4.78, 5) is 35.3. The van der Waals surface area contributed by atoms with Crippen LogP contribution in [0.3, 0.4) is 0 Å². The Morgan fingerprint density at radius 1 is 1.14 bits per heavy atom. The Balaban J connectivity index is 1.83. The van der Waals surface area contributed by atoms with E-state index in [0.29, 0.717) is 24.4 Å². The molecule has 152 valence electrons. The average molecular weight is 390 g/mol. The Morgan fingerprint density at radius 2 is 1.89 bits per heavy atom. The van der Waals surface area contributed by atoms with Crippen molar-refractivity contribution in [3.05, 3.63) is 46.4 Å². The fourth-order valence-electron chi connectivity index (χ4n) is 2.45. The van der Waals surface area contributed by atoms with Gasteiger partial charge in [-0.3, -0.25) is 9.20 Å². The first kappa shape index (κ1) is 21.3. The molecule has 0 radical (unpaired) electrons. The fraction of sp³-hybridized carbons (Fsp3) is 0.450. The van der Waals surface area contributed by atoms with Crippen molar-refractivity contribution in [1.29, 1.82) is 0 Å². The average Bonchev–Trinajstić information content (AvgIpc) is 2.62. The third-order valence-corrected chi connectivity index (χ3v) is 3.70. The first-order chi connectivity index (χ1) is 13.2. The second-order valence-electron chi connectivity index (χ2n) is 7.22. The van der Waals surface area contributed by atoms with Crippen molar-refractivity contribution >= 4 is 17.6 Å². The lowest BCUT2D eigenvalue weighted by atomic mass is 10.2. The molecule has 0 aliphatic heterocycles. The Bertz CT molecular complexity index is 898. The molecular formula is C20H26N2O6. The molecular weight excluding hydrogens is 364 g/mol. The number of hydrogen-bond donors (Lipinski definition) is 1. The third kappa shape index (κ3) is 6.29. The molecule has 0 bridgehead atoms. The van der Waals surface area contributed by atoms with Gasteiger partial charge in [0.1, 0.15) is 11.4 Å². The molecule has 28 heavy (non-hydrogen) atoms. The molecule has 1 amide bonds. The first-order valence-corrected chi connectivity index (χ1v) is 9.04. The van der Waals surface area contributed by atoms with E-state index >= 15 is 0 Å². The number of esters is 1. The van der Waals surface area contributed by atoms with Gasteiger partial charge in [-0.05, 0) is 51.8 Å². The van der Waals surface area contributed by atoms with E-state index in [4.69, 9.17) is 9.47 Å². The number of fused-ring (bicyclic) bond motifs is 1. The van der Waals surface area contributed by atoms with E-state index in [9.17, 15) is 14.4 Å². The highest BCUT2D eigenvalue weighted by Gasteiger charge is 2.15. The zero-order valence-electron chi connectivity index (χ0n) is 16.6. The van der Waals surface area contributed by atoms with Crippen LogP contribution < -0.4 is 15.6 Å². The van der Waals surface area contributed by atoms with Crippen molar-refractivity contribution in [2.45, 2.75) is 39.2 Å². The van der Waals surface area contributed by atoms with Crippen molar-refractivity contribution in [2.75, 3.05) is 20.3 Å². The predicted molar refractivity (Wildman–Crippen MR) is 104 cm³/mol. The summed E-state index contributed by atoms with van der Waals surface area (Å²) in [6.45, 7) is 6.37. The number of ether oxygens (including phenoxy) is 3. The monoisotopic (exact) mass is 390 g/mol. The van der Waals surface area contributed by atoms with Gasteiger partial charge in [0.15, 0.2) is 0 Å². The number of amides is 1. The van der Waals surface area contributed by atoms with Crippen LogP contribution in [0, 0.1) is 0 Å². The normalized spacial score (nSPS) is 11.1. The predicted octanol–water partition coefficient (Wildman–Crippen LogP) is 2.77. The molecule has 8 nitrogen and oxygen atoms in total. The number of unbranched alkanes of at least 4 members (excludes halogenated alkanes) is 1. The van der Waals surface area contributed by atoms with Gasteiger partial charge in [-0.1, -0.05) is 0 Å². The van der Waals surface area contributed by atoms with Gasteiger partial charge in [0, 0.05) is 18.1 Å². The van der Waals surface area contributed by atoms with E-state index in [1.165, 1.54) is 17.6 Å². The summed E-state index contributed by atoms with van der Waals surface area (Å²) in [6, 6.07) is 6.24. The lowest BCUT2D eigenvalue weighted by molar-refractivity contribution is 0.0525. The van der Waals surface area contributed by atoms with E-state index in [2.05, 4.69) is 10.1 Å². The van der Waals surface area contributed by atoms with Crippen LogP contribution in [-0.4, -0.2) is 42.3 Å². The summed E-state index contributed by atoms with van der Waals surface area (Å²) in [5.41, 5.74) is -0.0794. The highest BCUT2D eigenvalue weighted by atomic mass is 16.6. The number of nitrogens with one attached hydrogen (secondary N) is 1. The van der Waals surface area contributed by atoms with Crippen molar-refractivity contribution in [2.24, 2.45) is 0 Å². The highest BCUT2D eigenvalue weighted by molar-refractivity contribution is 5.90. The molecule has 0 aliphatic rings. The van der Waals surface area contributed by atoms with Gasteiger partial charge in [0.2, 0.25) is 0 Å². The molecule has 1 N–H and O–H groups in total. The van der Waals surface area contributed by atoms with Crippen LogP contribution in [0.4, 0.5) is 4.79 Å². The maximum atomic E-state index is 12.2. The van der Waals surface area contributed by atoms with Crippen molar-refractivity contribution in [3.63, 3.8) is 0 Å². The van der Waals surface area contributed by atoms with E-state index in [-0.39, 0.29) is 11.1 Å². The maximum Gasteiger partial charge on any atom is 0.407 e. The zero-order chi connectivity index (χ0) is 20.7. The van der Waals surface area contributed by atoms with Crippen LogP contribution in [0.1, 0.15) is 44.0 Å². The van der Waals surface area contributed by atoms with Gasteiger partial charge < -0.3 is 19.5 Å². The molecule has 0 atom stereocenters. The van der Waals surface area contributed by atoms with Crippen LogP contribution >= 0.6 is 0 Å². The number of carbonyl (C=O) groups is 2. The van der Waals surface area contributed by atoms with Gasteiger partial charge in [-0.25, -0.2) is 9.59 Å². The number of pyridine rings is 2. The molecule has 0 saturated heterocycles. The number of nitrogens with zero attached hydrogens (tertiary/aromatic N) is 1. The number of rotatable bonds is 7. The standard InChI is InChI=1S/C20H26N2O6/c1-20(2,3)28-19(25)21-9-5-6-10-27-16-8-7-15-11-14(18(24)26-4)12-17(23)22(15)13-16/h7-8,11-13H,5-6,9-10H2,1-4H3,(H,21,25). The molecule has 0 aliphatic carbocycles. The second kappa shape index (κ2) is 9.25. The Kier molecular flexibility index (Phi) is 7.03. The summed E-state index contributed by atoms with van der Waals surface area (Å²) < 4.78 is 16.9. The topological polar surface area (TPSA) is 95.3 Å². The van der Waals surface area contributed by atoms with Gasteiger partial charge in [0.25, 0.3) is 5.56 Å². The van der Waals surface area contributed by atoms with Crippen molar-refractivity contribution in [3.8, 4) is 5.75 Å². The number of aromatic nitrogens is 1. The molecule has 2 aromatic heterocycles. The largest absolute Gasteiger partial charge is 0.492 e. The van der Waals surface area contributed by atoms with Gasteiger partial charge >= 0.3 is 12.1 Å². The molecule has 2 aromatic rings. The molecule has 0 aromatic carbocycles. The van der Waals surface area contributed by atoms with E-state index in [1.54, 1.807) is 24.4 Å². The number of carbonyl (C=O) groups excluding carboxylic acids is 2. The molecule has 0 fully saturated rings. The van der Waals surface area contributed by atoms with Crippen LogP contribution in [0.15, 0.2) is 35.3 Å². The summed E-state index contributed by atoms with van der Waals surface area (Å²) >= 11 is 0. The zero-order valence-corrected chi connectivity index (χ0v) is 16.6. The number of alkyl carbamates (subject to hydrolysis) is 1. The van der Waals surface area contributed by atoms with Gasteiger partial charge in [0.05, 0.1) is 25.5 Å². The van der Waals surface area contributed by atoms with E-state index < -0.39 is 17.7 Å². The minimum Gasteiger partial charge on any atom is -0.492 e. The quantitative estimate of drug-likeness (QED) is 0.577. The number of hydrogen-bond acceptors (Lipinski definition) is 6. The van der Waals surface area contributed by atoms with Crippen LogP contribution in [0.2, 0.25) is 0 Å². The van der Waals surface area contributed by atoms with Crippen LogP contribution in [-0.2, 0) is 9.47 Å². The molecule has 2 heterocycles. The van der Waals surface area contributed by atoms with Crippen LogP contribution in [0.25, 0.3) is 5.52 Å². The van der Waals surface area contributed by atoms with E-state index in [0.717, 1.165) is 12.8 Å². The molecule has 0 unspecified atom stereocenters. The maximum absolute atomic E-state index is 12.2. The minimum absolute atomic E-state index is 0.207. The van der Waals surface area contributed by atoms with Crippen molar-refractivity contribution in [1.82, 2.24) is 9.72 Å². The third-order valence-electron chi connectivity index (χ3n) is 3.70. The molecule has 2 rings (SSSR count). The van der Waals surface area contributed by atoms with Crippen molar-refractivity contribution < 1.29 is 23.8 Å². The lowest BCUT2D eigenvalue weighted by Crippen LogP contribution is -2.33. The van der Waals surface area contributed by atoms with Crippen LogP contribution in [0.5, 0.6) is 5.75 Å². The van der Waals surface area contributed by atoms with E-state index in [1.807, 2.05) is 20.8 Å². The smallest absolute Gasteiger partial charge is 0.407 e. The van der Waals surface area contributed by atoms with Gasteiger partial charge in [-0.2, -0.15) is 0 Å². The van der Waals surface area contributed by atoms with Gasteiger partial charge in [-0.15, -0.1) is 0 Å². The summed E-state index contributed by atoms with van der Waals surface area (Å²) in [7, 11) is 1.27. The Morgan fingerprint density at radius 3 is 2.57 bits per heavy atom. The highest BCUT2D eigenvalue weighted by Crippen LogP contribution is 2.14. The lowest BCUT2D eigenvalue weighted by Gasteiger charge is -2.19. The molecule has 0 spiro atoms. The summed E-state index contributed by atoms with van der Waals surface area (Å²) in [6.07, 6.45) is 2.60. The minimum atomic E-state index is -0.556. The fourth-order valence-corrected chi connectivity index (χ4v) is 2.45. The molecule has 0 saturated carbocycles. The SMILES string of the molecule is COC(=O)c1cc(=O)n2cc(OCCCCNC(=O)OC(C)(C)C)ccc2c1. The Hall–Kier alpha value is -3.03. The number of methoxy groups -OCH3 is 1. The first-order valence-electron chi connectivity index (χ1n) is 9.04.